The van der Waals surface area contributed by atoms with Crippen LogP contribution in [0.2, 0.25) is 0 Å². The van der Waals surface area contributed by atoms with Crippen molar-refractivity contribution in [1.82, 2.24) is 25.1 Å². The van der Waals surface area contributed by atoms with Crippen molar-refractivity contribution in [3.8, 4) is 0 Å². The molecule has 0 aliphatic carbocycles. The Bertz CT molecular complexity index is 686. The fourth-order valence-electron chi connectivity index (χ4n) is 3.53. The molecule has 2 saturated heterocycles. The Balaban J connectivity index is 1.42. The largest absolute Gasteiger partial charge is 0.352 e. The molecule has 132 valence electrons. The van der Waals surface area contributed by atoms with Gasteiger partial charge in [-0.1, -0.05) is 6.92 Å². The summed E-state index contributed by atoms with van der Waals surface area (Å²) < 4.78 is 0. The van der Waals surface area contributed by atoms with E-state index in [1.807, 2.05) is 6.07 Å². The second kappa shape index (κ2) is 7.16. The van der Waals surface area contributed by atoms with E-state index in [2.05, 4.69) is 41.8 Å². The third kappa shape index (κ3) is 3.62. The van der Waals surface area contributed by atoms with E-state index in [0.717, 1.165) is 57.0 Å². The van der Waals surface area contributed by atoms with E-state index in [0.29, 0.717) is 5.92 Å². The third-order valence-corrected chi connectivity index (χ3v) is 4.91. The van der Waals surface area contributed by atoms with Crippen LogP contribution in [0.4, 0.5) is 17.7 Å². The van der Waals surface area contributed by atoms with Gasteiger partial charge in [0.15, 0.2) is 5.82 Å². The van der Waals surface area contributed by atoms with E-state index in [-0.39, 0.29) is 0 Å². The van der Waals surface area contributed by atoms with E-state index < -0.39 is 0 Å². The molecule has 2 aromatic heterocycles. The number of rotatable bonds is 3. The minimum absolute atomic E-state index is 0.690. The van der Waals surface area contributed by atoms with Crippen LogP contribution < -0.4 is 14.7 Å². The lowest BCUT2D eigenvalue weighted by Gasteiger charge is -2.35. The molecule has 0 N–H and O–H groups in total. The number of anilines is 3. The van der Waals surface area contributed by atoms with Gasteiger partial charge < -0.3 is 14.7 Å². The summed E-state index contributed by atoms with van der Waals surface area (Å²) in [6.45, 7) is 7.85. The molecule has 8 nitrogen and oxygen atoms in total. The molecule has 2 aromatic rings. The number of hydrogen-bond acceptors (Lipinski definition) is 8. The second-order valence-corrected chi connectivity index (χ2v) is 6.83. The van der Waals surface area contributed by atoms with Gasteiger partial charge in [0.1, 0.15) is 0 Å². The maximum absolute atomic E-state index is 4.78. The summed E-state index contributed by atoms with van der Waals surface area (Å²) in [6.07, 6.45) is 7.83. The van der Waals surface area contributed by atoms with E-state index >= 15 is 0 Å². The number of aromatic nitrogens is 5. The van der Waals surface area contributed by atoms with Crippen LogP contribution in [0.3, 0.4) is 0 Å². The smallest absolute Gasteiger partial charge is 0.247 e. The van der Waals surface area contributed by atoms with Crippen molar-refractivity contribution in [2.75, 3.05) is 54.0 Å². The van der Waals surface area contributed by atoms with Gasteiger partial charge in [-0.15, -0.1) is 5.10 Å². The SMILES string of the molecule is CC1CCCN(c2nncc(N3CCN(c4ncccn4)CC3)n2)C1. The Labute approximate surface area is 147 Å². The fraction of sp³-hybridized carbons (Fsp3) is 0.588. The molecule has 0 bridgehead atoms. The predicted octanol–water partition coefficient (Wildman–Crippen LogP) is 1.22. The maximum atomic E-state index is 4.78. The molecule has 0 amide bonds. The summed E-state index contributed by atoms with van der Waals surface area (Å²) in [5, 5.41) is 8.47. The standard InChI is InChI=1S/C17H24N8/c1-14-4-2-7-25(13-14)17-21-15(12-20-22-17)23-8-10-24(11-9-23)16-18-5-3-6-19-16/h3,5-6,12,14H,2,4,7-11,13H2,1H3. The van der Waals surface area contributed by atoms with Crippen molar-refractivity contribution in [2.24, 2.45) is 5.92 Å². The van der Waals surface area contributed by atoms with E-state index in [1.54, 1.807) is 18.6 Å². The van der Waals surface area contributed by atoms with Crippen LogP contribution >= 0.6 is 0 Å². The maximum Gasteiger partial charge on any atom is 0.247 e. The first kappa shape index (κ1) is 16.0. The lowest BCUT2D eigenvalue weighted by molar-refractivity contribution is 0.440. The van der Waals surface area contributed by atoms with Crippen molar-refractivity contribution < 1.29 is 0 Å². The zero-order valence-corrected chi connectivity index (χ0v) is 14.6. The lowest BCUT2D eigenvalue weighted by Crippen LogP contribution is -2.47. The molecular formula is C17H24N8. The molecule has 2 fully saturated rings. The minimum atomic E-state index is 0.690. The molecule has 1 unspecified atom stereocenters. The van der Waals surface area contributed by atoms with E-state index in [4.69, 9.17) is 4.98 Å². The highest BCUT2D eigenvalue weighted by atomic mass is 15.4. The van der Waals surface area contributed by atoms with Gasteiger partial charge in [0.05, 0.1) is 6.20 Å². The number of piperidine rings is 1. The van der Waals surface area contributed by atoms with Crippen LogP contribution in [-0.2, 0) is 0 Å². The van der Waals surface area contributed by atoms with Crippen molar-refractivity contribution in [3.63, 3.8) is 0 Å². The average Bonchev–Trinajstić information content (AvgIpc) is 2.69. The van der Waals surface area contributed by atoms with Gasteiger partial charge in [-0.25, -0.2) is 9.97 Å². The minimum Gasteiger partial charge on any atom is -0.352 e. The van der Waals surface area contributed by atoms with Gasteiger partial charge in [0.25, 0.3) is 0 Å². The molecule has 2 aliphatic heterocycles. The zero-order chi connectivity index (χ0) is 17.1. The second-order valence-electron chi connectivity index (χ2n) is 6.83. The van der Waals surface area contributed by atoms with Gasteiger partial charge >= 0.3 is 0 Å². The molecule has 8 heteroatoms. The van der Waals surface area contributed by atoms with Crippen molar-refractivity contribution >= 4 is 17.7 Å². The van der Waals surface area contributed by atoms with Crippen LogP contribution in [0.25, 0.3) is 0 Å². The number of nitrogens with zero attached hydrogens (tertiary/aromatic N) is 8. The van der Waals surface area contributed by atoms with Gasteiger partial charge in [-0.2, -0.15) is 10.1 Å². The summed E-state index contributed by atoms with van der Waals surface area (Å²) in [7, 11) is 0. The first-order valence-corrected chi connectivity index (χ1v) is 9.01. The topological polar surface area (TPSA) is 74.2 Å². The Morgan fingerprint density at radius 2 is 1.68 bits per heavy atom. The highest BCUT2D eigenvalue weighted by Crippen LogP contribution is 2.22. The molecule has 0 saturated carbocycles. The summed E-state index contributed by atoms with van der Waals surface area (Å²) in [5.74, 6) is 3.16. The van der Waals surface area contributed by atoms with Gasteiger partial charge in [0.2, 0.25) is 11.9 Å². The summed E-state index contributed by atoms with van der Waals surface area (Å²) in [4.78, 5) is 20.2. The zero-order valence-electron chi connectivity index (χ0n) is 14.6. The Hall–Kier alpha value is -2.51. The van der Waals surface area contributed by atoms with Crippen LogP contribution in [-0.4, -0.2) is 64.4 Å². The highest BCUT2D eigenvalue weighted by Gasteiger charge is 2.23. The van der Waals surface area contributed by atoms with E-state index in [1.165, 1.54) is 12.8 Å². The Kier molecular flexibility index (Phi) is 4.58. The highest BCUT2D eigenvalue weighted by molar-refractivity contribution is 5.44. The number of hydrogen-bond donors (Lipinski definition) is 0. The average molecular weight is 340 g/mol. The quantitative estimate of drug-likeness (QED) is 0.826. The molecule has 0 spiro atoms. The molecular weight excluding hydrogens is 316 g/mol. The van der Waals surface area contributed by atoms with Crippen LogP contribution in [0, 0.1) is 5.92 Å². The summed E-state index contributed by atoms with van der Waals surface area (Å²) in [6, 6.07) is 1.84. The van der Waals surface area contributed by atoms with Gasteiger partial charge in [-0.05, 0) is 24.8 Å². The van der Waals surface area contributed by atoms with Crippen LogP contribution in [0.1, 0.15) is 19.8 Å². The van der Waals surface area contributed by atoms with Gasteiger partial charge in [-0.3, -0.25) is 0 Å². The normalized spacial score (nSPS) is 21.5. The molecule has 4 rings (SSSR count). The number of piperazine rings is 1. The molecule has 2 aliphatic rings. The Morgan fingerprint density at radius 3 is 2.44 bits per heavy atom. The molecule has 25 heavy (non-hydrogen) atoms. The molecule has 0 aromatic carbocycles. The van der Waals surface area contributed by atoms with Gasteiger partial charge in [0, 0.05) is 51.7 Å². The van der Waals surface area contributed by atoms with Crippen molar-refractivity contribution in [1.29, 1.82) is 0 Å². The summed E-state index contributed by atoms with van der Waals surface area (Å²) >= 11 is 0. The monoisotopic (exact) mass is 340 g/mol. The summed E-state index contributed by atoms with van der Waals surface area (Å²) in [5.41, 5.74) is 0. The first-order valence-electron chi connectivity index (χ1n) is 9.01. The van der Waals surface area contributed by atoms with Crippen LogP contribution in [0.5, 0.6) is 0 Å². The molecule has 4 heterocycles. The molecule has 0 radical (unpaired) electrons. The van der Waals surface area contributed by atoms with Crippen molar-refractivity contribution in [3.05, 3.63) is 24.7 Å². The van der Waals surface area contributed by atoms with E-state index in [9.17, 15) is 0 Å². The van der Waals surface area contributed by atoms with Crippen LogP contribution in [0.15, 0.2) is 24.7 Å². The molecule has 1 atom stereocenters. The fourth-order valence-corrected chi connectivity index (χ4v) is 3.53. The Morgan fingerprint density at radius 1 is 0.920 bits per heavy atom. The third-order valence-electron chi connectivity index (χ3n) is 4.91. The lowest BCUT2D eigenvalue weighted by atomic mass is 10.0. The first-order chi connectivity index (χ1) is 12.3. The predicted molar refractivity (Wildman–Crippen MR) is 96.9 cm³/mol. The van der Waals surface area contributed by atoms with Crippen molar-refractivity contribution in [2.45, 2.75) is 19.8 Å².